The quantitative estimate of drug-likeness (QED) is 0.577. The molecule has 1 rings (SSSR count). The number of carboxylic acids is 1. The first kappa shape index (κ1) is 10.2. The van der Waals surface area contributed by atoms with Crippen molar-refractivity contribution in [1.82, 2.24) is 0 Å². The number of carboxylic acid groups (broad SMARTS) is 1. The Labute approximate surface area is 78.9 Å². The molecule has 0 aromatic heterocycles. The lowest BCUT2D eigenvalue weighted by Gasteiger charge is -2.02. The van der Waals surface area contributed by atoms with E-state index in [4.69, 9.17) is 5.11 Å². The van der Waals surface area contributed by atoms with Crippen molar-refractivity contribution in [2.75, 3.05) is 0 Å². The maximum Gasteiger partial charge on any atom is 0.338 e. The third-order valence-corrected chi connectivity index (χ3v) is 1.43. The summed E-state index contributed by atoms with van der Waals surface area (Å²) in [6.45, 7) is 1.17. The minimum atomic E-state index is -1.36. The van der Waals surface area contributed by atoms with Crippen LogP contribution >= 0.6 is 0 Å². The molecule has 0 bridgehead atoms. The summed E-state index contributed by atoms with van der Waals surface area (Å²) in [5, 5.41) is 8.49. The number of esters is 1. The maximum absolute atomic E-state index is 13.0. The highest BCUT2D eigenvalue weighted by Crippen LogP contribution is 2.16. The summed E-state index contributed by atoms with van der Waals surface area (Å²) in [5.41, 5.74) is -0.457. The lowest BCUT2D eigenvalue weighted by Crippen LogP contribution is -2.04. The highest BCUT2D eigenvalue weighted by atomic mass is 19.1. The molecule has 0 amide bonds. The number of carbonyl (C=O) groups excluding carboxylic acids is 1. The SMILES string of the molecule is CC(=O)Oc1ccc(C(=O)O)c(F)c1. The minimum absolute atomic E-state index is 0.0139. The number of hydrogen-bond donors (Lipinski definition) is 1. The Balaban J connectivity index is 3.00. The Bertz CT molecular complexity index is 386. The Morgan fingerprint density at radius 1 is 1.43 bits per heavy atom. The van der Waals surface area contributed by atoms with Crippen LogP contribution in [0.1, 0.15) is 17.3 Å². The van der Waals surface area contributed by atoms with Gasteiger partial charge in [-0.15, -0.1) is 0 Å². The van der Waals surface area contributed by atoms with Crippen LogP contribution in [-0.4, -0.2) is 17.0 Å². The van der Waals surface area contributed by atoms with Crippen LogP contribution in [0, 0.1) is 5.82 Å². The van der Waals surface area contributed by atoms with Crippen LogP contribution in [-0.2, 0) is 4.79 Å². The predicted octanol–water partition coefficient (Wildman–Crippen LogP) is 1.45. The Kier molecular flexibility index (Phi) is 2.81. The van der Waals surface area contributed by atoms with E-state index in [1.807, 2.05) is 0 Å². The molecule has 0 aliphatic heterocycles. The maximum atomic E-state index is 13.0. The normalized spacial score (nSPS) is 9.57. The molecule has 0 fully saturated rings. The van der Waals surface area contributed by atoms with Crippen molar-refractivity contribution >= 4 is 11.9 Å². The number of benzene rings is 1. The molecule has 0 radical (unpaired) electrons. The zero-order valence-electron chi connectivity index (χ0n) is 7.28. The molecule has 0 heterocycles. The molecule has 1 aromatic carbocycles. The Morgan fingerprint density at radius 2 is 2.07 bits per heavy atom. The zero-order valence-corrected chi connectivity index (χ0v) is 7.28. The highest BCUT2D eigenvalue weighted by molar-refractivity contribution is 5.88. The number of carbonyl (C=O) groups is 2. The van der Waals surface area contributed by atoms with E-state index < -0.39 is 23.3 Å². The second kappa shape index (κ2) is 3.87. The average molecular weight is 198 g/mol. The molecule has 0 aliphatic rings. The van der Waals surface area contributed by atoms with E-state index >= 15 is 0 Å². The second-order valence-corrected chi connectivity index (χ2v) is 2.54. The van der Waals surface area contributed by atoms with Gasteiger partial charge in [-0.3, -0.25) is 4.79 Å². The molecule has 1 N–H and O–H groups in total. The van der Waals surface area contributed by atoms with Crippen molar-refractivity contribution in [1.29, 1.82) is 0 Å². The fourth-order valence-electron chi connectivity index (χ4n) is 0.899. The largest absolute Gasteiger partial charge is 0.478 e. The molecule has 0 atom stereocenters. The molecule has 14 heavy (non-hydrogen) atoms. The molecule has 4 nitrogen and oxygen atoms in total. The van der Waals surface area contributed by atoms with Crippen LogP contribution in [0.4, 0.5) is 4.39 Å². The molecule has 1 aromatic rings. The van der Waals surface area contributed by atoms with E-state index in [0.29, 0.717) is 0 Å². The van der Waals surface area contributed by atoms with E-state index in [2.05, 4.69) is 4.74 Å². The van der Waals surface area contributed by atoms with Crippen molar-refractivity contribution in [2.24, 2.45) is 0 Å². The van der Waals surface area contributed by atoms with Gasteiger partial charge in [-0.2, -0.15) is 0 Å². The van der Waals surface area contributed by atoms with Gasteiger partial charge >= 0.3 is 11.9 Å². The van der Waals surface area contributed by atoms with Gasteiger partial charge in [0.25, 0.3) is 0 Å². The van der Waals surface area contributed by atoms with Crippen molar-refractivity contribution in [3.8, 4) is 5.75 Å². The summed E-state index contributed by atoms with van der Waals surface area (Å²) in [6, 6.07) is 3.11. The zero-order chi connectivity index (χ0) is 10.7. The van der Waals surface area contributed by atoms with Gasteiger partial charge in [-0.05, 0) is 12.1 Å². The molecular formula is C9H7FO4. The van der Waals surface area contributed by atoms with Crippen LogP contribution in [0.25, 0.3) is 0 Å². The van der Waals surface area contributed by atoms with Gasteiger partial charge in [-0.25, -0.2) is 9.18 Å². The number of halogens is 1. The summed E-state index contributed by atoms with van der Waals surface area (Å²) in [6.07, 6.45) is 0. The van der Waals surface area contributed by atoms with Gasteiger partial charge in [0, 0.05) is 13.0 Å². The van der Waals surface area contributed by atoms with Gasteiger partial charge in [0.15, 0.2) is 0 Å². The van der Waals surface area contributed by atoms with Crippen molar-refractivity contribution in [3.63, 3.8) is 0 Å². The minimum Gasteiger partial charge on any atom is -0.478 e. The molecule has 74 valence electrons. The summed E-state index contributed by atoms with van der Waals surface area (Å²) < 4.78 is 17.5. The van der Waals surface area contributed by atoms with E-state index in [9.17, 15) is 14.0 Å². The van der Waals surface area contributed by atoms with Gasteiger partial charge in [0.1, 0.15) is 11.6 Å². The molecular weight excluding hydrogens is 191 g/mol. The van der Waals surface area contributed by atoms with E-state index in [0.717, 1.165) is 12.1 Å². The number of hydrogen-bond acceptors (Lipinski definition) is 3. The first-order chi connectivity index (χ1) is 6.50. The standard InChI is InChI=1S/C9H7FO4/c1-5(11)14-6-2-3-7(9(12)13)8(10)4-6/h2-4H,1H3,(H,12,13). The smallest absolute Gasteiger partial charge is 0.338 e. The van der Waals surface area contributed by atoms with E-state index in [-0.39, 0.29) is 5.75 Å². The summed E-state index contributed by atoms with van der Waals surface area (Å²) in [4.78, 5) is 20.9. The third kappa shape index (κ3) is 2.29. The fraction of sp³-hybridized carbons (Fsp3) is 0.111. The summed E-state index contributed by atoms with van der Waals surface area (Å²) in [7, 11) is 0. The van der Waals surface area contributed by atoms with Gasteiger partial charge < -0.3 is 9.84 Å². The van der Waals surface area contributed by atoms with Crippen molar-refractivity contribution in [3.05, 3.63) is 29.6 Å². The third-order valence-electron chi connectivity index (χ3n) is 1.43. The highest BCUT2D eigenvalue weighted by Gasteiger charge is 2.11. The van der Waals surface area contributed by atoms with E-state index in [1.165, 1.54) is 13.0 Å². The summed E-state index contributed by atoms with van der Waals surface area (Å²) >= 11 is 0. The van der Waals surface area contributed by atoms with Crippen molar-refractivity contribution < 1.29 is 23.8 Å². The van der Waals surface area contributed by atoms with Crippen LogP contribution in [0.3, 0.4) is 0 Å². The molecule has 0 saturated carbocycles. The van der Waals surface area contributed by atoms with Crippen LogP contribution in [0.15, 0.2) is 18.2 Å². The first-order valence-electron chi connectivity index (χ1n) is 3.72. The molecule has 0 aliphatic carbocycles. The monoisotopic (exact) mass is 198 g/mol. The molecule has 0 saturated heterocycles. The van der Waals surface area contributed by atoms with Crippen molar-refractivity contribution in [2.45, 2.75) is 6.92 Å². The lowest BCUT2D eigenvalue weighted by molar-refractivity contribution is -0.131. The summed E-state index contributed by atoms with van der Waals surface area (Å²) in [5.74, 6) is -2.90. The van der Waals surface area contributed by atoms with Gasteiger partial charge in [-0.1, -0.05) is 0 Å². The van der Waals surface area contributed by atoms with Crippen LogP contribution in [0.2, 0.25) is 0 Å². The average Bonchev–Trinajstić information content (AvgIpc) is 2.01. The van der Waals surface area contributed by atoms with E-state index in [1.54, 1.807) is 0 Å². The topological polar surface area (TPSA) is 63.6 Å². The lowest BCUT2D eigenvalue weighted by atomic mass is 10.2. The molecule has 5 heteroatoms. The second-order valence-electron chi connectivity index (χ2n) is 2.54. The first-order valence-corrected chi connectivity index (χ1v) is 3.72. The predicted molar refractivity (Wildman–Crippen MR) is 44.7 cm³/mol. The number of ether oxygens (including phenoxy) is 1. The number of aromatic carboxylic acids is 1. The Morgan fingerprint density at radius 3 is 2.50 bits per heavy atom. The van der Waals surface area contributed by atoms with Crippen LogP contribution < -0.4 is 4.74 Å². The molecule has 0 unspecified atom stereocenters. The number of rotatable bonds is 2. The van der Waals surface area contributed by atoms with Crippen LogP contribution in [0.5, 0.6) is 5.75 Å². The van der Waals surface area contributed by atoms with Gasteiger partial charge in [0.2, 0.25) is 0 Å². The molecule has 0 spiro atoms. The fourth-order valence-corrected chi connectivity index (χ4v) is 0.899. The van der Waals surface area contributed by atoms with Gasteiger partial charge in [0.05, 0.1) is 5.56 Å². The Hall–Kier alpha value is -1.91.